The highest BCUT2D eigenvalue weighted by Crippen LogP contribution is 2.31. The molecular weight excluding hydrogens is 382 g/mol. The van der Waals surface area contributed by atoms with Crippen LogP contribution in [0.1, 0.15) is 16.1 Å². The number of anilines is 1. The van der Waals surface area contributed by atoms with Crippen LogP contribution >= 0.6 is 0 Å². The molecule has 2 aromatic carbocycles. The summed E-state index contributed by atoms with van der Waals surface area (Å²) in [7, 11) is 0. The maximum Gasteiger partial charge on any atom is 0.259 e. The van der Waals surface area contributed by atoms with Crippen LogP contribution in [0.2, 0.25) is 0 Å². The van der Waals surface area contributed by atoms with Crippen LogP contribution in [0.3, 0.4) is 0 Å². The molecule has 0 spiro atoms. The van der Waals surface area contributed by atoms with E-state index in [0.29, 0.717) is 16.8 Å². The van der Waals surface area contributed by atoms with Crippen molar-refractivity contribution in [3.63, 3.8) is 0 Å². The first-order valence-electron chi connectivity index (χ1n) is 9.20. The largest absolute Gasteiger partial charge is 0.296 e. The summed E-state index contributed by atoms with van der Waals surface area (Å²) in [6, 6.07) is 17.9. The number of hydrogen-bond acceptors (Lipinski definition) is 7. The molecule has 1 aromatic heterocycles. The number of imide groups is 1. The number of rotatable bonds is 3. The van der Waals surface area contributed by atoms with Gasteiger partial charge >= 0.3 is 0 Å². The maximum absolute atomic E-state index is 13.1. The van der Waals surface area contributed by atoms with Crippen LogP contribution in [0.4, 0.5) is 5.69 Å². The minimum absolute atomic E-state index is 0.0303. The van der Waals surface area contributed by atoms with Crippen LogP contribution in [0.25, 0.3) is 10.9 Å². The molecule has 0 radical (unpaired) electrons. The van der Waals surface area contributed by atoms with E-state index < -0.39 is 29.6 Å². The summed E-state index contributed by atoms with van der Waals surface area (Å²) < 4.78 is 0. The first kappa shape index (κ1) is 17.7. The number of benzene rings is 2. The summed E-state index contributed by atoms with van der Waals surface area (Å²) in [5.41, 5.74) is 4.17. The molecule has 3 heterocycles. The third kappa shape index (κ3) is 2.57. The predicted molar refractivity (Wildman–Crippen MR) is 108 cm³/mol. The highest BCUT2D eigenvalue weighted by atomic mass is 16.2. The molecule has 1 saturated heterocycles. The Morgan fingerprint density at radius 3 is 2.53 bits per heavy atom. The number of nitriles is 1. The Kier molecular flexibility index (Phi) is 3.89. The first-order valence-corrected chi connectivity index (χ1v) is 9.20. The van der Waals surface area contributed by atoms with E-state index in [2.05, 4.69) is 15.5 Å². The molecule has 144 valence electrons. The second kappa shape index (κ2) is 6.60. The Balaban J connectivity index is 1.47. The van der Waals surface area contributed by atoms with Crippen LogP contribution in [0.5, 0.6) is 0 Å². The molecule has 2 amide bonds. The molecule has 2 aliphatic heterocycles. The number of Topliss-reactive ketones (excluding diaryl/α,β-unsaturated/α-hetero) is 1. The lowest BCUT2D eigenvalue weighted by Gasteiger charge is -2.15. The van der Waals surface area contributed by atoms with Gasteiger partial charge in [0.15, 0.2) is 0 Å². The van der Waals surface area contributed by atoms with Crippen LogP contribution in [-0.4, -0.2) is 34.3 Å². The minimum Gasteiger partial charge on any atom is -0.296 e. The van der Waals surface area contributed by atoms with Crippen molar-refractivity contribution in [3.05, 3.63) is 71.9 Å². The van der Waals surface area contributed by atoms with Gasteiger partial charge in [-0.15, -0.1) is 0 Å². The van der Waals surface area contributed by atoms with E-state index in [0.717, 1.165) is 10.3 Å². The predicted octanol–water partition coefficient (Wildman–Crippen LogP) is 1.81. The summed E-state index contributed by atoms with van der Waals surface area (Å²) in [6.07, 6.45) is 0. The van der Waals surface area contributed by atoms with E-state index >= 15 is 0 Å². The molecule has 2 atom stereocenters. The van der Waals surface area contributed by atoms with Gasteiger partial charge in [0, 0.05) is 5.39 Å². The fraction of sp³-hybridized carbons (Fsp3) is 0.0909. The molecule has 1 fully saturated rings. The average Bonchev–Trinajstić information content (AvgIpc) is 3.33. The van der Waals surface area contributed by atoms with Gasteiger partial charge in [-0.1, -0.05) is 24.3 Å². The second-order valence-electron chi connectivity index (χ2n) is 6.97. The number of carbonyl (C=O) groups excluding carboxylic acids is 3. The van der Waals surface area contributed by atoms with Gasteiger partial charge in [-0.3, -0.25) is 19.8 Å². The number of hydrazone groups is 1. The van der Waals surface area contributed by atoms with Crippen LogP contribution in [0.15, 0.2) is 65.8 Å². The van der Waals surface area contributed by atoms with E-state index in [-0.39, 0.29) is 11.4 Å². The number of pyridine rings is 1. The van der Waals surface area contributed by atoms with Crippen molar-refractivity contribution < 1.29 is 14.4 Å². The Hall–Kier alpha value is -4.38. The van der Waals surface area contributed by atoms with Gasteiger partial charge in [0.25, 0.3) is 5.91 Å². The highest BCUT2D eigenvalue weighted by molar-refractivity contribution is 6.52. The molecule has 30 heavy (non-hydrogen) atoms. The Morgan fingerprint density at radius 1 is 1.00 bits per heavy atom. The van der Waals surface area contributed by atoms with Crippen molar-refractivity contribution >= 4 is 39.9 Å². The third-order valence-electron chi connectivity index (χ3n) is 5.24. The van der Waals surface area contributed by atoms with Gasteiger partial charge in [-0.2, -0.15) is 10.4 Å². The fourth-order valence-corrected chi connectivity index (χ4v) is 3.74. The lowest BCUT2D eigenvalue weighted by Crippen LogP contribution is -2.36. The number of carbonyl (C=O) groups is 3. The van der Waals surface area contributed by atoms with Gasteiger partial charge < -0.3 is 0 Å². The number of nitrogens with zero attached hydrogens (tertiary/aromatic N) is 4. The third-order valence-corrected chi connectivity index (χ3v) is 5.24. The van der Waals surface area contributed by atoms with Gasteiger partial charge in [-0.25, -0.2) is 9.88 Å². The lowest BCUT2D eigenvalue weighted by atomic mass is 9.94. The molecule has 2 aliphatic rings. The molecule has 0 saturated carbocycles. The number of ketones is 1. The molecule has 8 nitrogen and oxygen atoms in total. The van der Waals surface area contributed by atoms with Crippen molar-refractivity contribution in [1.82, 2.24) is 10.4 Å². The summed E-state index contributed by atoms with van der Waals surface area (Å²) in [6.45, 7) is 0. The topological polar surface area (TPSA) is 116 Å². The maximum atomic E-state index is 13.1. The van der Waals surface area contributed by atoms with Crippen molar-refractivity contribution in [1.29, 1.82) is 5.26 Å². The average molecular weight is 395 g/mol. The SMILES string of the molecule is N#Cc1ccc(N2C(=O)[C@H]3C(C(=O)c4ccc5ccccc5n4)=NN[C@H]3C2=O)cc1. The van der Waals surface area contributed by atoms with Crippen LogP contribution in [-0.2, 0) is 9.59 Å². The quantitative estimate of drug-likeness (QED) is 0.534. The zero-order valence-electron chi connectivity index (χ0n) is 15.4. The summed E-state index contributed by atoms with van der Waals surface area (Å²) >= 11 is 0. The van der Waals surface area contributed by atoms with E-state index in [1.807, 2.05) is 24.3 Å². The Morgan fingerprint density at radius 2 is 1.77 bits per heavy atom. The molecule has 3 aromatic rings. The number of nitrogens with one attached hydrogen (secondary N) is 1. The molecule has 0 unspecified atom stereocenters. The van der Waals surface area contributed by atoms with E-state index in [4.69, 9.17) is 5.26 Å². The van der Waals surface area contributed by atoms with Gasteiger partial charge in [0.05, 0.1) is 22.8 Å². The zero-order chi connectivity index (χ0) is 20.8. The van der Waals surface area contributed by atoms with Gasteiger partial charge in [-0.05, 0) is 36.4 Å². The van der Waals surface area contributed by atoms with Crippen LogP contribution in [0, 0.1) is 17.2 Å². The highest BCUT2D eigenvalue weighted by Gasteiger charge is 2.55. The van der Waals surface area contributed by atoms with Crippen molar-refractivity contribution in [2.45, 2.75) is 6.04 Å². The molecule has 0 aliphatic carbocycles. The molecule has 8 heteroatoms. The van der Waals surface area contributed by atoms with E-state index in [1.54, 1.807) is 18.2 Å². The van der Waals surface area contributed by atoms with Gasteiger partial charge in [0.1, 0.15) is 23.4 Å². The number of aromatic nitrogens is 1. The van der Waals surface area contributed by atoms with E-state index in [9.17, 15) is 14.4 Å². The monoisotopic (exact) mass is 395 g/mol. The molecule has 1 N–H and O–H groups in total. The molecule has 5 rings (SSSR count). The minimum atomic E-state index is -1.02. The first-order chi connectivity index (χ1) is 14.6. The Bertz CT molecular complexity index is 1310. The van der Waals surface area contributed by atoms with Crippen molar-refractivity contribution in [2.24, 2.45) is 11.0 Å². The Labute approximate surface area is 170 Å². The summed E-state index contributed by atoms with van der Waals surface area (Å²) in [5, 5.41) is 13.8. The van der Waals surface area contributed by atoms with Crippen LogP contribution < -0.4 is 10.3 Å². The lowest BCUT2D eigenvalue weighted by molar-refractivity contribution is -0.122. The molecular formula is C22H13N5O3. The fourth-order valence-electron chi connectivity index (χ4n) is 3.74. The number of para-hydroxylation sites is 1. The zero-order valence-corrected chi connectivity index (χ0v) is 15.4. The number of amides is 2. The smallest absolute Gasteiger partial charge is 0.259 e. The van der Waals surface area contributed by atoms with Gasteiger partial charge in [0.2, 0.25) is 11.7 Å². The number of hydrogen-bond donors (Lipinski definition) is 1. The normalized spacial score (nSPS) is 20.0. The van der Waals surface area contributed by atoms with Crippen molar-refractivity contribution in [3.8, 4) is 6.07 Å². The summed E-state index contributed by atoms with van der Waals surface area (Å²) in [5.74, 6) is -2.54. The van der Waals surface area contributed by atoms with Crippen molar-refractivity contribution in [2.75, 3.05) is 4.90 Å². The standard InChI is InChI=1S/C22H13N5O3/c23-11-12-5-8-14(9-6-12)27-21(29)17-18(25-26-19(17)22(27)30)20(28)16-10-7-13-3-1-2-4-15(13)24-16/h1-10,17,19,26H/t17-,19+/m0/s1. The number of fused-ring (bicyclic) bond motifs is 2. The molecule has 0 bridgehead atoms. The van der Waals surface area contributed by atoms with E-state index in [1.165, 1.54) is 24.3 Å². The summed E-state index contributed by atoms with van der Waals surface area (Å²) in [4.78, 5) is 44.3. The second-order valence-corrected chi connectivity index (χ2v) is 6.97.